The van der Waals surface area contributed by atoms with Gasteiger partial charge in [-0.15, -0.1) is 0 Å². The lowest BCUT2D eigenvalue weighted by Gasteiger charge is -2.05. The number of allylic oxidation sites excluding steroid dienone is 2. The van der Waals surface area contributed by atoms with E-state index < -0.39 is 0 Å². The Morgan fingerprint density at radius 2 is 2.45 bits per heavy atom. The van der Waals surface area contributed by atoms with E-state index >= 15 is 0 Å². The molecule has 0 fully saturated rings. The molecule has 60 valence electrons. The number of hydrogen-bond donors (Lipinski definition) is 0. The van der Waals surface area contributed by atoms with E-state index in [0.29, 0.717) is 0 Å². The molecule has 1 aliphatic carbocycles. The van der Waals surface area contributed by atoms with Crippen LogP contribution in [-0.2, 0) is 0 Å². The highest BCUT2D eigenvalue weighted by molar-refractivity contribution is 5.54. The summed E-state index contributed by atoms with van der Waals surface area (Å²) in [5.74, 6) is 0. The van der Waals surface area contributed by atoms with Gasteiger partial charge in [0.25, 0.3) is 0 Å². The second-order valence-corrected chi connectivity index (χ2v) is 3.38. The van der Waals surface area contributed by atoms with E-state index in [2.05, 4.69) is 28.9 Å². The van der Waals surface area contributed by atoms with E-state index in [9.17, 15) is 0 Å². The third-order valence-corrected chi connectivity index (χ3v) is 2.42. The highest BCUT2D eigenvalue weighted by Crippen LogP contribution is 2.20. The summed E-state index contributed by atoms with van der Waals surface area (Å²) in [7, 11) is 2.13. The van der Waals surface area contributed by atoms with Crippen molar-refractivity contribution in [2.75, 3.05) is 20.1 Å². The van der Waals surface area contributed by atoms with Gasteiger partial charge in [-0.1, -0.05) is 0 Å². The molecule has 2 aliphatic rings. The van der Waals surface area contributed by atoms with E-state index in [1.165, 1.54) is 38.0 Å². The quantitative estimate of drug-likeness (QED) is 0.507. The zero-order valence-electron chi connectivity index (χ0n) is 7.08. The number of rotatable bonds is 1. The summed E-state index contributed by atoms with van der Waals surface area (Å²) in [6.07, 6.45) is 8.50. The largest absolute Gasteiger partial charge is 0.267 e. The highest BCUT2D eigenvalue weighted by atomic mass is 15.3. The molecule has 0 N–H and O–H groups in total. The van der Waals surface area contributed by atoms with Crippen LogP contribution in [0.2, 0.25) is 0 Å². The summed E-state index contributed by atoms with van der Waals surface area (Å²) < 4.78 is 2.25. The Bertz CT molecular complexity index is 216. The molecule has 0 atom stereocenters. The van der Waals surface area contributed by atoms with Gasteiger partial charge in [-0.25, -0.2) is 4.90 Å². The molecular weight excluding hydrogens is 136 g/mol. The van der Waals surface area contributed by atoms with Gasteiger partial charge in [-0.05, 0) is 18.9 Å². The Morgan fingerprint density at radius 1 is 1.55 bits per heavy atom. The second kappa shape index (κ2) is 2.68. The standard InChI is InChI=1S/C9H15N2/c1-10-6-7-11(8-10)9-4-2-3-5-9/h4,8H,2-3,5-7H2,1H3/q+1. The topological polar surface area (TPSA) is 6.25 Å². The average molecular weight is 151 g/mol. The van der Waals surface area contributed by atoms with Crippen LogP contribution in [0.4, 0.5) is 0 Å². The lowest BCUT2D eigenvalue weighted by Crippen LogP contribution is -2.17. The van der Waals surface area contributed by atoms with Crippen molar-refractivity contribution in [1.29, 1.82) is 0 Å². The maximum absolute atomic E-state index is 2.38. The van der Waals surface area contributed by atoms with Crippen LogP contribution in [0, 0.1) is 0 Å². The van der Waals surface area contributed by atoms with E-state index in [-0.39, 0.29) is 0 Å². The molecule has 0 saturated heterocycles. The summed E-state index contributed by atoms with van der Waals surface area (Å²) in [5, 5.41) is 0. The first kappa shape index (κ1) is 6.89. The maximum atomic E-state index is 2.38. The molecule has 1 aliphatic heterocycles. The van der Waals surface area contributed by atoms with Crippen LogP contribution in [-0.4, -0.2) is 36.0 Å². The maximum Gasteiger partial charge on any atom is 0.239 e. The van der Waals surface area contributed by atoms with Crippen molar-refractivity contribution >= 4 is 6.34 Å². The molecule has 2 heteroatoms. The predicted octanol–water partition coefficient (Wildman–Crippen LogP) is 1.04. The summed E-state index contributed by atoms with van der Waals surface area (Å²) >= 11 is 0. The van der Waals surface area contributed by atoms with E-state index in [1.807, 2.05) is 0 Å². The molecule has 0 aromatic carbocycles. The second-order valence-electron chi connectivity index (χ2n) is 3.38. The normalized spacial score (nSPS) is 23.9. The van der Waals surface area contributed by atoms with Gasteiger partial charge in [0.1, 0.15) is 13.1 Å². The first-order chi connectivity index (χ1) is 5.36. The minimum Gasteiger partial charge on any atom is -0.267 e. The molecule has 1 heterocycles. The van der Waals surface area contributed by atoms with Crippen molar-refractivity contribution in [3.63, 3.8) is 0 Å². The minimum absolute atomic E-state index is 1.18. The van der Waals surface area contributed by atoms with Gasteiger partial charge >= 0.3 is 0 Å². The van der Waals surface area contributed by atoms with Crippen LogP contribution in [0.3, 0.4) is 0 Å². The van der Waals surface area contributed by atoms with E-state index in [1.54, 1.807) is 0 Å². The van der Waals surface area contributed by atoms with Crippen LogP contribution < -0.4 is 0 Å². The first-order valence-corrected chi connectivity index (χ1v) is 4.37. The lowest BCUT2D eigenvalue weighted by molar-refractivity contribution is -0.482. The van der Waals surface area contributed by atoms with Crippen molar-refractivity contribution in [3.8, 4) is 0 Å². The number of hydrogen-bond acceptors (Lipinski definition) is 1. The molecule has 0 aromatic heterocycles. The molecule has 0 radical (unpaired) electrons. The Morgan fingerprint density at radius 3 is 3.00 bits per heavy atom. The highest BCUT2D eigenvalue weighted by Gasteiger charge is 2.22. The number of likely N-dealkylation sites (N-methyl/N-ethyl adjacent to an activating group) is 1. The fourth-order valence-electron chi connectivity index (χ4n) is 1.75. The first-order valence-electron chi connectivity index (χ1n) is 4.37. The summed E-state index contributed by atoms with van der Waals surface area (Å²) in [6.45, 7) is 2.36. The number of nitrogens with zero attached hydrogens (tertiary/aromatic N) is 2. The molecule has 0 amide bonds. The molecule has 0 unspecified atom stereocenters. The smallest absolute Gasteiger partial charge is 0.239 e. The molecular formula is C9H15N2+. The van der Waals surface area contributed by atoms with E-state index in [4.69, 9.17) is 0 Å². The van der Waals surface area contributed by atoms with Crippen molar-refractivity contribution in [1.82, 2.24) is 4.90 Å². The molecule has 0 saturated carbocycles. The van der Waals surface area contributed by atoms with Crippen LogP contribution >= 0.6 is 0 Å². The zero-order chi connectivity index (χ0) is 7.68. The molecule has 0 spiro atoms. The van der Waals surface area contributed by atoms with Crippen molar-refractivity contribution in [3.05, 3.63) is 11.8 Å². The van der Waals surface area contributed by atoms with Crippen LogP contribution in [0.25, 0.3) is 0 Å². The molecule has 0 aromatic rings. The Balaban J connectivity index is 2.06. The lowest BCUT2D eigenvalue weighted by atomic mass is 10.3. The zero-order valence-corrected chi connectivity index (χ0v) is 7.08. The van der Waals surface area contributed by atoms with Crippen LogP contribution in [0.15, 0.2) is 11.8 Å². The molecule has 2 rings (SSSR count). The van der Waals surface area contributed by atoms with Gasteiger partial charge in [-0.2, -0.15) is 0 Å². The Labute approximate surface area is 67.8 Å². The SMILES string of the molecule is C[N+]1=CN(C2=CCCC2)CC1. The van der Waals surface area contributed by atoms with Gasteiger partial charge in [-0.3, -0.25) is 4.58 Å². The van der Waals surface area contributed by atoms with Gasteiger partial charge in [0.05, 0.1) is 12.7 Å². The predicted molar refractivity (Wildman–Crippen MR) is 45.8 cm³/mol. The van der Waals surface area contributed by atoms with Gasteiger partial charge < -0.3 is 0 Å². The van der Waals surface area contributed by atoms with Crippen molar-refractivity contribution < 1.29 is 4.58 Å². The fourth-order valence-corrected chi connectivity index (χ4v) is 1.75. The fraction of sp³-hybridized carbons (Fsp3) is 0.667. The summed E-state index contributed by atoms with van der Waals surface area (Å²) in [6, 6.07) is 0. The minimum atomic E-state index is 1.18. The third-order valence-electron chi connectivity index (χ3n) is 2.42. The van der Waals surface area contributed by atoms with E-state index in [0.717, 1.165) is 0 Å². The van der Waals surface area contributed by atoms with Crippen molar-refractivity contribution in [2.45, 2.75) is 19.3 Å². The van der Waals surface area contributed by atoms with Crippen LogP contribution in [0.1, 0.15) is 19.3 Å². The van der Waals surface area contributed by atoms with Gasteiger partial charge in [0.2, 0.25) is 6.34 Å². The molecule has 0 bridgehead atoms. The van der Waals surface area contributed by atoms with Crippen LogP contribution in [0.5, 0.6) is 0 Å². The molecule has 11 heavy (non-hydrogen) atoms. The van der Waals surface area contributed by atoms with Gasteiger partial charge in [0.15, 0.2) is 0 Å². The molecule has 2 nitrogen and oxygen atoms in total. The summed E-state index contributed by atoms with van der Waals surface area (Å²) in [4.78, 5) is 2.38. The van der Waals surface area contributed by atoms with Crippen molar-refractivity contribution in [2.24, 2.45) is 0 Å². The third kappa shape index (κ3) is 1.30. The monoisotopic (exact) mass is 151 g/mol. The summed E-state index contributed by atoms with van der Waals surface area (Å²) in [5.41, 5.74) is 1.54. The Hall–Kier alpha value is -0.790. The van der Waals surface area contributed by atoms with Gasteiger partial charge in [0, 0.05) is 6.42 Å². The average Bonchev–Trinajstić information content (AvgIpc) is 2.55. The Kier molecular flexibility index (Phi) is 1.68.